The van der Waals surface area contributed by atoms with Gasteiger partial charge in [-0.25, -0.2) is 4.98 Å². The van der Waals surface area contributed by atoms with Gasteiger partial charge in [0.25, 0.3) is 5.56 Å². The molecule has 10 heteroatoms. The molecule has 1 aliphatic heterocycles. The van der Waals surface area contributed by atoms with Gasteiger partial charge in [0.2, 0.25) is 0 Å². The smallest absolute Gasteiger partial charge is 0.302 e. The molecule has 0 amide bonds. The number of piperidine rings is 1. The van der Waals surface area contributed by atoms with Gasteiger partial charge in [0, 0.05) is 13.3 Å². The number of hydrogen-bond donors (Lipinski definition) is 1. The van der Waals surface area contributed by atoms with Crippen molar-refractivity contribution in [3.05, 3.63) is 40.4 Å². The first-order valence-electron chi connectivity index (χ1n) is 8.79. The van der Waals surface area contributed by atoms with Gasteiger partial charge in [0.15, 0.2) is 5.78 Å². The lowest BCUT2D eigenvalue weighted by molar-refractivity contribution is -0.150. The van der Waals surface area contributed by atoms with E-state index < -0.39 is 0 Å². The minimum atomic E-state index is -0.371. The number of nitrogens with one attached hydrogen (secondary N) is 1. The second kappa shape index (κ2) is 11.2. The van der Waals surface area contributed by atoms with E-state index in [4.69, 9.17) is 10.00 Å². The molecule has 156 valence electrons. The molecule has 1 aromatic heterocycles. The Bertz CT molecular complexity index is 986. The molecule has 1 fully saturated rings. The van der Waals surface area contributed by atoms with E-state index in [0.717, 1.165) is 13.0 Å². The van der Waals surface area contributed by atoms with Crippen molar-refractivity contribution >= 4 is 56.6 Å². The van der Waals surface area contributed by atoms with Gasteiger partial charge in [0.05, 0.1) is 41.4 Å². The molecule has 1 saturated heterocycles. The van der Waals surface area contributed by atoms with Crippen LogP contribution in [-0.4, -0.2) is 40.0 Å². The predicted molar refractivity (Wildman–Crippen MR) is 118 cm³/mol. The maximum Gasteiger partial charge on any atom is 0.302 e. The van der Waals surface area contributed by atoms with Crippen molar-refractivity contribution in [2.75, 3.05) is 6.54 Å². The third-order valence-corrected chi connectivity index (χ3v) is 4.59. The highest BCUT2D eigenvalue weighted by Gasteiger charge is 2.29. The number of halogens is 2. The SMILES string of the molecule is Br.Br.CC(=O)O[C@@H]1CCCN[C@H]1CC(=O)Cn1cnc2ccc(C#N)cc2c1=O. The number of hydrogen-bond acceptors (Lipinski definition) is 7. The Morgan fingerprint density at radius 1 is 1.38 bits per heavy atom. The number of esters is 1. The summed E-state index contributed by atoms with van der Waals surface area (Å²) < 4.78 is 6.54. The number of nitriles is 1. The summed E-state index contributed by atoms with van der Waals surface area (Å²) in [6, 6.07) is 6.41. The van der Waals surface area contributed by atoms with E-state index >= 15 is 0 Å². The molecule has 0 aliphatic carbocycles. The second-order valence-electron chi connectivity index (χ2n) is 6.61. The van der Waals surface area contributed by atoms with E-state index in [9.17, 15) is 14.4 Å². The molecular formula is C19H22Br2N4O4. The Labute approximate surface area is 188 Å². The molecule has 0 unspecified atom stereocenters. The Kier molecular flexibility index (Phi) is 9.62. The summed E-state index contributed by atoms with van der Waals surface area (Å²) in [5.41, 5.74) is 0.478. The van der Waals surface area contributed by atoms with Crippen molar-refractivity contribution in [1.82, 2.24) is 14.9 Å². The van der Waals surface area contributed by atoms with Crippen LogP contribution in [0.4, 0.5) is 0 Å². The van der Waals surface area contributed by atoms with E-state index in [1.54, 1.807) is 12.1 Å². The van der Waals surface area contributed by atoms with Crippen LogP contribution in [0.15, 0.2) is 29.3 Å². The van der Waals surface area contributed by atoms with E-state index in [0.29, 0.717) is 22.9 Å². The Morgan fingerprint density at radius 2 is 2.14 bits per heavy atom. The van der Waals surface area contributed by atoms with Gasteiger partial charge in [-0.2, -0.15) is 5.26 Å². The lowest BCUT2D eigenvalue weighted by atomic mass is 9.96. The molecule has 0 bridgehead atoms. The van der Waals surface area contributed by atoms with Crippen LogP contribution < -0.4 is 10.9 Å². The normalized spacial score (nSPS) is 18.1. The zero-order valence-corrected chi connectivity index (χ0v) is 19.2. The van der Waals surface area contributed by atoms with Crippen LogP contribution in [0, 0.1) is 11.3 Å². The molecule has 1 N–H and O–H groups in total. The van der Waals surface area contributed by atoms with Crippen LogP contribution in [0.5, 0.6) is 0 Å². The lowest BCUT2D eigenvalue weighted by Crippen LogP contribution is -2.48. The summed E-state index contributed by atoms with van der Waals surface area (Å²) in [6.07, 6.45) is 2.73. The number of nitrogens with zero attached hydrogens (tertiary/aromatic N) is 3. The number of rotatable bonds is 5. The fourth-order valence-corrected chi connectivity index (χ4v) is 3.32. The number of aromatic nitrogens is 2. The van der Waals surface area contributed by atoms with Crippen LogP contribution in [-0.2, 0) is 20.9 Å². The quantitative estimate of drug-likeness (QED) is 0.589. The number of benzene rings is 1. The zero-order chi connectivity index (χ0) is 19.4. The van der Waals surface area contributed by atoms with Crippen molar-refractivity contribution < 1.29 is 14.3 Å². The van der Waals surface area contributed by atoms with Gasteiger partial charge >= 0.3 is 5.97 Å². The molecule has 1 aliphatic rings. The van der Waals surface area contributed by atoms with E-state index in [-0.39, 0.29) is 76.4 Å². The van der Waals surface area contributed by atoms with Gasteiger partial charge in [0.1, 0.15) is 6.10 Å². The first-order chi connectivity index (χ1) is 13.0. The van der Waals surface area contributed by atoms with Gasteiger partial charge in [-0.15, -0.1) is 34.0 Å². The van der Waals surface area contributed by atoms with Crippen LogP contribution in [0.3, 0.4) is 0 Å². The summed E-state index contributed by atoms with van der Waals surface area (Å²) in [5.74, 6) is -0.532. The van der Waals surface area contributed by atoms with Crippen LogP contribution in [0.25, 0.3) is 10.9 Å². The third-order valence-electron chi connectivity index (χ3n) is 4.59. The lowest BCUT2D eigenvalue weighted by Gasteiger charge is -2.31. The molecule has 0 radical (unpaired) electrons. The van der Waals surface area contributed by atoms with Crippen LogP contribution in [0.1, 0.15) is 31.7 Å². The fraction of sp³-hybridized carbons (Fsp3) is 0.421. The number of ketones is 1. The van der Waals surface area contributed by atoms with Crippen molar-refractivity contribution in [2.45, 2.75) is 44.9 Å². The summed E-state index contributed by atoms with van der Waals surface area (Å²) in [7, 11) is 0. The Hall–Kier alpha value is -2.09. The van der Waals surface area contributed by atoms with Crippen molar-refractivity contribution in [3.63, 3.8) is 0 Å². The summed E-state index contributed by atoms with van der Waals surface area (Å²) in [4.78, 5) is 40.5. The highest BCUT2D eigenvalue weighted by molar-refractivity contribution is 8.93. The zero-order valence-electron chi connectivity index (χ0n) is 15.8. The summed E-state index contributed by atoms with van der Waals surface area (Å²) in [6.45, 7) is 1.98. The molecule has 1 aromatic carbocycles. The monoisotopic (exact) mass is 528 g/mol. The molecule has 3 rings (SSSR count). The number of ether oxygens (including phenoxy) is 1. The van der Waals surface area contributed by atoms with E-state index in [2.05, 4.69) is 10.3 Å². The number of fused-ring (bicyclic) bond motifs is 1. The molecule has 8 nitrogen and oxygen atoms in total. The van der Waals surface area contributed by atoms with Gasteiger partial charge < -0.3 is 10.1 Å². The first-order valence-corrected chi connectivity index (χ1v) is 8.79. The molecule has 0 spiro atoms. The van der Waals surface area contributed by atoms with E-state index in [1.807, 2.05) is 6.07 Å². The molecular weight excluding hydrogens is 508 g/mol. The average molecular weight is 530 g/mol. The topological polar surface area (TPSA) is 114 Å². The largest absolute Gasteiger partial charge is 0.461 e. The van der Waals surface area contributed by atoms with Crippen LogP contribution >= 0.6 is 34.0 Å². The van der Waals surface area contributed by atoms with Crippen molar-refractivity contribution in [3.8, 4) is 6.07 Å². The summed E-state index contributed by atoms with van der Waals surface area (Å²) in [5, 5.41) is 12.5. The number of carbonyl (C=O) groups excluding carboxylic acids is 2. The first kappa shape index (κ1) is 24.9. The van der Waals surface area contributed by atoms with E-state index in [1.165, 1.54) is 23.9 Å². The van der Waals surface area contributed by atoms with Crippen molar-refractivity contribution in [2.24, 2.45) is 0 Å². The fourth-order valence-electron chi connectivity index (χ4n) is 3.32. The van der Waals surface area contributed by atoms with Crippen LogP contribution in [0.2, 0.25) is 0 Å². The highest BCUT2D eigenvalue weighted by atomic mass is 79.9. The molecule has 0 saturated carbocycles. The second-order valence-corrected chi connectivity index (χ2v) is 6.61. The maximum atomic E-state index is 12.6. The molecule has 2 aromatic rings. The molecule has 2 heterocycles. The molecule has 29 heavy (non-hydrogen) atoms. The molecule has 2 atom stereocenters. The van der Waals surface area contributed by atoms with Gasteiger partial charge in [-0.05, 0) is 37.6 Å². The number of carbonyl (C=O) groups is 2. The van der Waals surface area contributed by atoms with Gasteiger partial charge in [-0.3, -0.25) is 19.0 Å². The minimum Gasteiger partial charge on any atom is -0.461 e. The Balaban J connectivity index is 0.00000210. The standard InChI is InChI=1S/C19H20N4O4.2BrH/c1-12(24)27-18-3-2-6-21-17(18)8-14(25)10-23-11-22-16-5-4-13(9-20)7-15(16)19(23)26;;/h4-5,7,11,17-18,21H,2-3,6,8,10H2,1H3;2*1H/t17-,18+;;/m0../s1. The highest BCUT2D eigenvalue weighted by Crippen LogP contribution is 2.16. The number of Topliss-reactive ketones (excluding diaryl/α,β-unsaturated/α-hetero) is 1. The summed E-state index contributed by atoms with van der Waals surface area (Å²) >= 11 is 0. The van der Waals surface area contributed by atoms with Crippen molar-refractivity contribution in [1.29, 1.82) is 5.26 Å². The maximum absolute atomic E-state index is 12.6. The Morgan fingerprint density at radius 3 is 2.83 bits per heavy atom. The minimum absolute atomic E-state index is 0. The third kappa shape index (κ3) is 6.19. The van der Waals surface area contributed by atoms with Gasteiger partial charge in [-0.1, -0.05) is 0 Å². The predicted octanol–water partition coefficient (Wildman–Crippen LogP) is 2.07. The average Bonchev–Trinajstić information content (AvgIpc) is 2.65.